The first kappa shape index (κ1) is 12.7. The Bertz CT molecular complexity index is 518. The Morgan fingerprint density at radius 3 is 2.76 bits per heavy atom. The molecule has 5 heteroatoms. The second-order valence-corrected chi connectivity index (χ2v) is 5.57. The lowest BCUT2D eigenvalue weighted by Gasteiger charge is -1.99. The molecule has 2 N–H and O–H groups in total. The van der Waals surface area contributed by atoms with Crippen LogP contribution < -0.4 is 5.73 Å². The second-order valence-electron chi connectivity index (χ2n) is 3.57. The van der Waals surface area contributed by atoms with Gasteiger partial charge in [-0.05, 0) is 24.6 Å². The van der Waals surface area contributed by atoms with Gasteiger partial charge in [0, 0.05) is 21.5 Å². The molecule has 90 valence electrons. The summed E-state index contributed by atoms with van der Waals surface area (Å²) in [4.78, 5) is 5.48. The van der Waals surface area contributed by atoms with Gasteiger partial charge in [0.15, 0.2) is 0 Å². The summed E-state index contributed by atoms with van der Waals surface area (Å²) >= 11 is 4.70. The first-order valence-electron chi connectivity index (χ1n) is 5.29. The molecule has 0 radical (unpaired) electrons. The highest BCUT2D eigenvalue weighted by atomic mass is 79.9. The van der Waals surface area contributed by atoms with E-state index in [4.69, 9.17) is 5.73 Å². The molecule has 0 unspecified atom stereocenters. The zero-order chi connectivity index (χ0) is 12.4. The first-order chi connectivity index (χ1) is 8.15. The predicted molar refractivity (Wildman–Crippen MR) is 72.5 cm³/mol. The van der Waals surface area contributed by atoms with Gasteiger partial charge >= 0.3 is 0 Å². The van der Waals surface area contributed by atoms with E-state index in [0.29, 0.717) is 17.1 Å². The van der Waals surface area contributed by atoms with E-state index in [-0.39, 0.29) is 5.82 Å². The topological polar surface area (TPSA) is 38.9 Å². The second kappa shape index (κ2) is 5.25. The van der Waals surface area contributed by atoms with E-state index in [1.807, 2.05) is 13.0 Å². The Kier molecular flexibility index (Phi) is 3.91. The van der Waals surface area contributed by atoms with Gasteiger partial charge in [0.2, 0.25) is 0 Å². The Balaban J connectivity index is 2.49. The number of halogens is 2. The third-order valence-corrected chi connectivity index (χ3v) is 4.11. The fourth-order valence-electron chi connectivity index (χ4n) is 1.60. The Morgan fingerprint density at radius 2 is 2.24 bits per heavy atom. The third-order valence-electron chi connectivity index (χ3n) is 2.46. The molecule has 2 nitrogen and oxygen atoms in total. The van der Waals surface area contributed by atoms with Crippen LogP contribution in [-0.2, 0) is 13.0 Å². The van der Waals surface area contributed by atoms with Crippen LogP contribution >= 0.6 is 27.3 Å². The number of aromatic nitrogens is 1. The SMILES string of the molecule is CCc1nc(-c2ccc(Br)cc2F)sc1CN. The van der Waals surface area contributed by atoms with Crippen LogP contribution in [0.2, 0.25) is 0 Å². The highest BCUT2D eigenvalue weighted by molar-refractivity contribution is 9.10. The maximum absolute atomic E-state index is 13.8. The minimum Gasteiger partial charge on any atom is -0.326 e. The van der Waals surface area contributed by atoms with Gasteiger partial charge in [-0.2, -0.15) is 0 Å². The van der Waals surface area contributed by atoms with Crippen molar-refractivity contribution in [2.24, 2.45) is 5.73 Å². The predicted octanol–water partition coefficient (Wildman–Crippen LogP) is 3.73. The van der Waals surface area contributed by atoms with Crippen LogP contribution in [0.5, 0.6) is 0 Å². The van der Waals surface area contributed by atoms with E-state index in [0.717, 1.165) is 21.5 Å². The van der Waals surface area contributed by atoms with Gasteiger partial charge in [-0.1, -0.05) is 22.9 Å². The number of hydrogen-bond acceptors (Lipinski definition) is 3. The van der Waals surface area contributed by atoms with Crippen LogP contribution in [0.4, 0.5) is 4.39 Å². The largest absolute Gasteiger partial charge is 0.326 e. The number of nitrogens with zero attached hydrogens (tertiary/aromatic N) is 1. The Hall–Kier alpha value is -0.780. The zero-order valence-electron chi connectivity index (χ0n) is 9.34. The van der Waals surface area contributed by atoms with Crippen LogP contribution in [0.1, 0.15) is 17.5 Å². The number of aryl methyl sites for hydroxylation is 1. The summed E-state index contributed by atoms with van der Waals surface area (Å²) in [5.74, 6) is -0.264. The summed E-state index contributed by atoms with van der Waals surface area (Å²) in [5, 5.41) is 0.701. The van der Waals surface area contributed by atoms with Crippen molar-refractivity contribution in [2.75, 3.05) is 0 Å². The van der Waals surface area contributed by atoms with Crippen molar-refractivity contribution in [3.05, 3.63) is 39.1 Å². The molecule has 1 heterocycles. The quantitative estimate of drug-likeness (QED) is 0.937. The van der Waals surface area contributed by atoms with E-state index in [1.54, 1.807) is 6.07 Å². The number of nitrogens with two attached hydrogens (primary N) is 1. The molecule has 0 spiro atoms. The summed E-state index contributed by atoms with van der Waals surface area (Å²) in [7, 11) is 0. The molecule has 0 aliphatic heterocycles. The van der Waals surface area contributed by atoms with E-state index in [2.05, 4.69) is 20.9 Å². The Labute approximate surface area is 112 Å². The summed E-state index contributed by atoms with van der Waals surface area (Å²) in [6.07, 6.45) is 0.821. The standard InChI is InChI=1S/C12H12BrFN2S/c1-2-10-11(6-15)17-12(16-10)8-4-3-7(13)5-9(8)14/h3-5H,2,6,15H2,1H3. The number of rotatable bonds is 3. The molecule has 0 bridgehead atoms. The number of thiazole rings is 1. The molecule has 0 amide bonds. The zero-order valence-corrected chi connectivity index (χ0v) is 11.7. The van der Waals surface area contributed by atoms with Gasteiger partial charge in [0.1, 0.15) is 10.8 Å². The van der Waals surface area contributed by atoms with E-state index < -0.39 is 0 Å². The van der Waals surface area contributed by atoms with Gasteiger partial charge < -0.3 is 5.73 Å². The summed E-state index contributed by atoms with van der Waals surface area (Å²) in [6.45, 7) is 2.48. The van der Waals surface area contributed by atoms with Gasteiger partial charge in [0.05, 0.1) is 5.69 Å². The number of hydrogen-bond donors (Lipinski definition) is 1. The molecule has 2 rings (SSSR count). The molecule has 2 aromatic rings. The minimum absolute atomic E-state index is 0.264. The van der Waals surface area contributed by atoms with Crippen molar-refractivity contribution in [1.29, 1.82) is 0 Å². The van der Waals surface area contributed by atoms with E-state index in [9.17, 15) is 4.39 Å². The molecule has 0 atom stereocenters. The van der Waals surface area contributed by atoms with Crippen LogP contribution in [-0.4, -0.2) is 4.98 Å². The average Bonchev–Trinajstić information content (AvgIpc) is 2.72. The summed E-state index contributed by atoms with van der Waals surface area (Å²) in [5.41, 5.74) is 7.15. The molecule has 0 aliphatic rings. The molecular formula is C12H12BrFN2S. The highest BCUT2D eigenvalue weighted by Gasteiger charge is 2.13. The van der Waals surface area contributed by atoms with Crippen molar-refractivity contribution in [3.63, 3.8) is 0 Å². The smallest absolute Gasteiger partial charge is 0.134 e. The van der Waals surface area contributed by atoms with Crippen LogP contribution in [0.3, 0.4) is 0 Å². The van der Waals surface area contributed by atoms with Gasteiger partial charge in [0.25, 0.3) is 0 Å². The van der Waals surface area contributed by atoms with Gasteiger partial charge in [-0.3, -0.25) is 0 Å². The fourth-order valence-corrected chi connectivity index (χ4v) is 2.99. The van der Waals surface area contributed by atoms with E-state index >= 15 is 0 Å². The number of benzene rings is 1. The van der Waals surface area contributed by atoms with Crippen molar-refractivity contribution in [3.8, 4) is 10.6 Å². The molecule has 1 aromatic heterocycles. The fraction of sp³-hybridized carbons (Fsp3) is 0.250. The molecular weight excluding hydrogens is 303 g/mol. The van der Waals surface area contributed by atoms with Crippen molar-refractivity contribution in [2.45, 2.75) is 19.9 Å². The molecule has 0 fully saturated rings. The Morgan fingerprint density at radius 1 is 1.47 bits per heavy atom. The van der Waals surface area contributed by atoms with Crippen molar-refractivity contribution in [1.82, 2.24) is 4.98 Å². The first-order valence-corrected chi connectivity index (χ1v) is 6.90. The maximum Gasteiger partial charge on any atom is 0.134 e. The van der Waals surface area contributed by atoms with Crippen LogP contribution in [0, 0.1) is 5.82 Å². The molecule has 17 heavy (non-hydrogen) atoms. The lowest BCUT2D eigenvalue weighted by Crippen LogP contribution is -1.96. The monoisotopic (exact) mass is 314 g/mol. The maximum atomic E-state index is 13.8. The molecule has 0 saturated heterocycles. The molecule has 0 saturated carbocycles. The van der Waals surface area contributed by atoms with Gasteiger partial charge in [-0.15, -0.1) is 11.3 Å². The lowest BCUT2D eigenvalue weighted by atomic mass is 10.2. The van der Waals surface area contributed by atoms with Crippen LogP contribution in [0.15, 0.2) is 22.7 Å². The molecule has 1 aromatic carbocycles. The van der Waals surface area contributed by atoms with Crippen LogP contribution in [0.25, 0.3) is 10.6 Å². The normalized spacial score (nSPS) is 10.8. The third kappa shape index (κ3) is 2.56. The van der Waals surface area contributed by atoms with E-state index in [1.165, 1.54) is 17.4 Å². The van der Waals surface area contributed by atoms with Crippen molar-refractivity contribution < 1.29 is 4.39 Å². The highest BCUT2D eigenvalue weighted by Crippen LogP contribution is 2.31. The minimum atomic E-state index is -0.264. The summed E-state index contributed by atoms with van der Waals surface area (Å²) < 4.78 is 14.5. The van der Waals surface area contributed by atoms with Gasteiger partial charge in [-0.25, -0.2) is 9.37 Å². The van der Waals surface area contributed by atoms with Crippen molar-refractivity contribution >= 4 is 27.3 Å². The summed E-state index contributed by atoms with van der Waals surface area (Å²) in [6, 6.07) is 5.00. The lowest BCUT2D eigenvalue weighted by molar-refractivity contribution is 0.630. The molecule has 0 aliphatic carbocycles. The average molecular weight is 315 g/mol.